The average molecular weight is 306 g/mol. The molecule has 0 spiro atoms. The lowest BCUT2D eigenvalue weighted by Gasteiger charge is -2.05. The zero-order valence-electron chi connectivity index (χ0n) is 7.25. The first kappa shape index (κ1) is 10.7. The van der Waals surface area contributed by atoms with E-state index in [1.165, 1.54) is 17.4 Å². The maximum Gasteiger partial charge on any atom is 0.208 e. The summed E-state index contributed by atoms with van der Waals surface area (Å²) < 4.78 is 14.6. The van der Waals surface area contributed by atoms with E-state index < -0.39 is 0 Å². The van der Waals surface area contributed by atoms with Crippen LogP contribution in [-0.4, -0.2) is 10.2 Å². The summed E-state index contributed by atoms with van der Waals surface area (Å²) in [5.41, 5.74) is 0.357. The summed E-state index contributed by atoms with van der Waals surface area (Å²) in [5.74, 6) is -0.342. The Labute approximate surface area is 102 Å². The van der Waals surface area contributed by atoms with Crippen LogP contribution in [-0.2, 0) is 0 Å². The Bertz CT molecular complexity index is 516. The lowest BCUT2D eigenvalue weighted by molar-refractivity contribution is 0.631. The first-order valence-electron chi connectivity index (χ1n) is 3.93. The van der Waals surface area contributed by atoms with Crippen molar-refractivity contribution in [1.29, 1.82) is 0 Å². The molecule has 0 aliphatic heterocycles. The zero-order valence-corrected chi connectivity index (χ0v) is 10.5. The monoisotopic (exact) mass is 305 g/mol. The van der Waals surface area contributed by atoms with Gasteiger partial charge in [0.15, 0.2) is 3.95 Å². The third kappa shape index (κ3) is 2.42. The van der Waals surface area contributed by atoms with Crippen molar-refractivity contribution in [2.75, 3.05) is 5.32 Å². The van der Waals surface area contributed by atoms with E-state index >= 15 is 0 Å². The van der Waals surface area contributed by atoms with Gasteiger partial charge in [0.25, 0.3) is 0 Å². The predicted molar refractivity (Wildman–Crippen MR) is 64.7 cm³/mol. The Kier molecular flexibility index (Phi) is 3.13. The summed E-state index contributed by atoms with van der Waals surface area (Å²) in [5, 5.41) is 9.88. The van der Waals surface area contributed by atoms with E-state index in [1.54, 1.807) is 12.1 Å². The minimum absolute atomic E-state index is 0.342. The van der Waals surface area contributed by atoms with Crippen LogP contribution in [0.4, 0.5) is 15.2 Å². The molecule has 1 aromatic heterocycles. The number of nitrogens with zero attached hydrogens (tertiary/aromatic N) is 1. The highest BCUT2D eigenvalue weighted by Gasteiger charge is 2.07. The van der Waals surface area contributed by atoms with Gasteiger partial charge in [-0.2, -0.15) is 0 Å². The SMILES string of the molecule is Fc1cccc(Br)c1Nc1n[nH]c(=S)s1. The molecule has 0 fully saturated rings. The van der Waals surface area contributed by atoms with Gasteiger partial charge >= 0.3 is 0 Å². The summed E-state index contributed by atoms with van der Waals surface area (Å²) >= 11 is 9.37. The molecule has 1 aromatic carbocycles. The predicted octanol–water partition coefficient (Wildman–Crippen LogP) is 3.85. The Balaban J connectivity index is 2.35. The van der Waals surface area contributed by atoms with Crippen molar-refractivity contribution in [2.45, 2.75) is 0 Å². The normalized spacial score (nSPS) is 10.3. The van der Waals surface area contributed by atoms with E-state index in [0.29, 0.717) is 19.2 Å². The van der Waals surface area contributed by atoms with E-state index in [4.69, 9.17) is 12.2 Å². The molecule has 0 saturated carbocycles. The van der Waals surface area contributed by atoms with Crippen LogP contribution in [0.25, 0.3) is 0 Å². The van der Waals surface area contributed by atoms with E-state index in [1.807, 2.05) is 0 Å². The number of halogens is 2. The summed E-state index contributed by atoms with van der Waals surface area (Å²) in [6, 6.07) is 4.74. The second-order valence-corrected chi connectivity index (χ2v) is 5.16. The molecule has 78 valence electrons. The lowest BCUT2D eigenvalue weighted by Crippen LogP contribution is -1.94. The van der Waals surface area contributed by atoms with E-state index in [0.717, 1.165) is 0 Å². The number of rotatable bonds is 2. The number of H-pyrrole nitrogens is 1. The number of nitrogens with one attached hydrogen (secondary N) is 2. The van der Waals surface area contributed by atoms with E-state index in [-0.39, 0.29) is 5.82 Å². The Morgan fingerprint density at radius 2 is 2.33 bits per heavy atom. The molecule has 0 amide bonds. The van der Waals surface area contributed by atoms with Crippen molar-refractivity contribution < 1.29 is 4.39 Å². The number of anilines is 2. The van der Waals surface area contributed by atoms with Crippen molar-refractivity contribution in [2.24, 2.45) is 0 Å². The fraction of sp³-hybridized carbons (Fsp3) is 0. The molecule has 3 nitrogen and oxygen atoms in total. The molecule has 0 radical (unpaired) electrons. The van der Waals surface area contributed by atoms with Gasteiger partial charge in [0.1, 0.15) is 5.82 Å². The first-order valence-corrected chi connectivity index (χ1v) is 5.95. The zero-order chi connectivity index (χ0) is 10.8. The first-order chi connectivity index (χ1) is 7.16. The lowest BCUT2D eigenvalue weighted by atomic mass is 10.3. The highest BCUT2D eigenvalue weighted by molar-refractivity contribution is 9.10. The molecule has 2 N–H and O–H groups in total. The quantitative estimate of drug-likeness (QED) is 0.828. The van der Waals surface area contributed by atoms with Crippen LogP contribution in [0.15, 0.2) is 22.7 Å². The molecule has 7 heteroatoms. The van der Waals surface area contributed by atoms with Crippen molar-refractivity contribution in [3.63, 3.8) is 0 Å². The maximum atomic E-state index is 13.4. The molecule has 0 aliphatic rings. The largest absolute Gasteiger partial charge is 0.327 e. The minimum atomic E-state index is -0.342. The van der Waals surface area contributed by atoms with Gasteiger partial charge < -0.3 is 5.32 Å². The van der Waals surface area contributed by atoms with Gasteiger partial charge in [0.2, 0.25) is 5.13 Å². The van der Waals surface area contributed by atoms with Crippen LogP contribution in [0.3, 0.4) is 0 Å². The van der Waals surface area contributed by atoms with Gasteiger partial charge in [-0.25, -0.2) is 4.39 Å². The molecule has 2 rings (SSSR count). The minimum Gasteiger partial charge on any atom is -0.327 e. The van der Waals surface area contributed by atoms with Crippen molar-refractivity contribution in [1.82, 2.24) is 10.2 Å². The van der Waals surface area contributed by atoms with Crippen LogP contribution >= 0.6 is 39.5 Å². The molecule has 2 aromatic rings. The molecule has 1 heterocycles. The van der Waals surface area contributed by atoms with Gasteiger partial charge in [0, 0.05) is 4.47 Å². The summed E-state index contributed by atoms with van der Waals surface area (Å²) in [4.78, 5) is 0. The van der Waals surface area contributed by atoms with Gasteiger partial charge in [0.05, 0.1) is 5.69 Å². The number of aromatic amines is 1. The van der Waals surface area contributed by atoms with Gasteiger partial charge in [-0.3, -0.25) is 5.10 Å². The summed E-state index contributed by atoms with van der Waals surface area (Å²) in [6.45, 7) is 0. The van der Waals surface area contributed by atoms with Crippen LogP contribution < -0.4 is 5.32 Å². The highest BCUT2D eigenvalue weighted by Crippen LogP contribution is 2.28. The van der Waals surface area contributed by atoms with E-state index in [2.05, 4.69) is 31.4 Å². The topological polar surface area (TPSA) is 40.7 Å². The Hall–Kier alpha value is -0.790. The molecule has 0 unspecified atom stereocenters. The molecule has 0 atom stereocenters. The number of aromatic nitrogens is 2. The van der Waals surface area contributed by atoms with Gasteiger partial charge in [-0.1, -0.05) is 17.4 Å². The number of para-hydroxylation sites is 1. The number of hydrogen-bond acceptors (Lipinski definition) is 4. The van der Waals surface area contributed by atoms with Crippen molar-refractivity contribution >= 4 is 50.3 Å². The van der Waals surface area contributed by atoms with Crippen LogP contribution in [0.1, 0.15) is 0 Å². The van der Waals surface area contributed by atoms with Crippen LogP contribution in [0.2, 0.25) is 0 Å². The van der Waals surface area contributed by atoms with Gasteiger partial charge in [-0.15, -0.1) is 5.10 Å². The Morgan fingerprint density at radius 1 is 1.53 bits per heavy atom. The average Bonchev–Trinajstić information content (AvgIpc) is 2.58. The fourth-order valence-corrected chi connectivity index (χ4v) is 2.24. The molecule has 0 aliphatic carbocycles. The highest BCUT2D eigenvalue weighted by atomic mass is 79.9. The molecular weight excluding hydrogens is 301 g/mol. The molecule has 0 saturated heterocycles. The molecule has 0 bridgehead atoms. The third-order valence-electron chi connectivity index (χ3n) is 1.63. The summed E-state index contributed by atoms with van der Waals surface area (Å²) in [6.07, 6.45) is 0. The molecule has 15 heavy (non-hydrogen) atoms. The fourth-order valence-electron chi connectivity index (χ4n) is 1.01. The van der Waals surface area contributed by atoms with Crippen LogP contribution in [0.5, 0.6) is 0 Å². The Morgan fingerprint density at radius 3 is 2.93 bits per heavy atom. The second kappa shape index (κ2) is 4.38. The summed E-state index contributed by atoms with van der Waals surface area (Å²) in [7, 11) is 0. The molecular formula is C8H5BrFN3S2. The number of hydrogen-bond donors (Lipinski definition) is 2. The van der Waals surface area contributed by atoms with Crippen molar-refractivity contribution in [3.05, 3.63) is 32.4 Å². The second-order valence-electron chi connectivity index (χ2n) is 2.64. The van der Waals surface area contributed by atoms with Crippen molar-refractivity contribution in [3.8, 4) is 0 Å². The van der Waals surface area contributed by atoms with Gasteiger partial charge in [-0.05, 0) is 40.3 Å². The maximum absolute atomic E-state index is 13.4. The smallest absolute Gasteiger partial charge is 0.208 e. The third-order valence-corrected chi connectivity index (χ3v) is 3.30. The number of benzene rings is 1. The van der Waals surface area contributed by atoms with E-state index in [9.17, 15) is 4.39 Å². The van der Waals surface area contributed by atoms with Crippen LogP contribution in [0, 0.1) is 9.77 Å². The standard InChI is InChI=1S/C8H5BrFN3S2/c9-4-2-1-3-5(10)6(4)11-7-12-13-8(14)15-7/h1-3H,(H,11,12)(H,13,14).